The number of halogens is 1. The number of nitrogens with zero attached hydrogens (tertiary/aromatic N) is 2. The van der Waals surface area contributed by atoms with Gasteiger partial charge in [0.2, 0.25) is 0 Å². The summed E-state index contributed by atoms with van der Waals surface area (Å²) < 4.78 is 0. The van der Waals surface area contributed by atoms with Crippen LogP contribution in [0.5, 0.6) is 0 Å². The molecule has 0 radical (unpaired) electrons. The van der Waals surface area contributed by atoms with Crippen LogP contribution in [0.1, 0.15) is 71.8 Å². The lowest BCUT2D eigenvalue weighted by atomic mass is 9.87. The number of nitrogens with one attached hydrogen (secondary N) is 2. The number of hydrogen-bond acceptors (Lipinski definition) is 4. The number of amides is 1. The third kappa shape index (κ3) is 5.18. The molecule has 0 atom stereocenters. The Hall–Kier alpha value is -2.31. The Labute approximate surface area is 207 Å². The predicted octanol–water partition coefficient (Wildman–Crippen LogP) is 4.73. The lowest BCUT2D eigenvalue weighted by Crippen LogP contribution is -2.49. The molecule has 1 aromatic heterocycles. The number of aromatic nitrogens is 1. The maximum atomic E-state index is 13.2. The molecule has 0 unspecified atom stereocenters. The number of aromatic amines is 1. The molecule has 0 bridgehead atoms. The molecule has 34 heavy (non-hydrogen) atoms. The quantitative estimate of drug-likeness (QED) is 0.596. The minimum atomic E-state index is -0.210. The molecule has 1 amide bonds. The number of carbonyl (C=O) groups is 1. The van der Waals surface area contributed by atoms with Crippen molar-refractivity contribution in [1.82, 2.24) is 15.2 Å². The number of likely N-dealkylation sites (tertiary alicyclic amines) is 1. The largest absolute Gasteiger partial charge is 0.369 e. The molecule has 2 fully saturated rings. The van der Waals surface area contributed by atoms with Crippen LogP contribution in [0.3, 0.4) is 0 Å². The molecule has 2 aromatic rings. The van der Waals surface area contributed by atoms with E-state index >= 15 is 0 Å². The van der Waals surface area contributed by atoms with Crippen molar-refractivity contribution in [3.05, 3.63) is 61.5 Å². The van der Waals surface area contributed by atoms with E-state index in [9.17, 15) is 9.59 Å². The molecule has 6 nitrogen and oxygen atoms in total. The highest BCUT2D eigenvalue weighted by Gasteiger charge is 2.31. The molecule has 2 heterocycles. The van der Waals surface area contributed by atoms with Gasteiger partial charge in [-0.15, -0.1) is 0 Å². The van der Waals surface area contributed by atoms with E-state index in [1.54, 1.807) is 6.07 Å². The maximum Gasteiger partial charge on any atom is 0.253 e. The number of hydrogen-bond donors (Lipinski definition) is 2. The summed E-state index contributed by atoms with van der Waals surface area (Å²) in [6.45, 7) is 11.5. The monoisotopic (exact) mass is 484 g/mol. The summed E-state index contributed by atoms with van der Waals surface area (Å²) in [5, 5.41) is 3.50. The van der Waals surface area contributed by atoms with E-state index < -0.39 is 0 Å². The van der Waals surface area contributed by atoms with E-state index in [0.29, 0.717) is 22.2 Å². The van der Waals surface area contributed by atoms with Crippen LogP contribution in [0.25, 0.3) is 0 Å². The SMILES string of the molecule is CCN(c1cc(Cl)cc(C(=O)NCc2c(C)cc(C)[nH]c2=O)c1C)C1CCC(N2CCC2)CC1. The second kappa shape index (κ2) is 10.5. The number of carbonyl (C=O) groups excluding carboxylic acids is 1. The van der Waals surface area contributed by atoms with Crippen molar-refractivity contribution in [2.45, 2.75) is 78.4 Å². The Morgan fingerprint density at radius 1 is 1.15 bits per heavy atom. The van der Waals surface area contributed by atoms with Crippen LogP contribution in [-0.2, 0) is 6.54 Å². The topological polar surface area (TPSA) is 68.4 Å². The number of H-pyrrole nitrogens is 1. The fourth-order valence-corrected chi connectivity index (χ4v) is 5.84. The molecule has 2 N–H and O–H groups in total. The average molecular weight is 485 g/mol. The minimum Gasteiger partial charge on any atom is -0.369 e. The standard InChI is InChI=1S/C27H37ClN4O2/c1-5-32(22-9-7-21(8-10-22)31-11-6-12-31)25-15-20(28)14-23(19(25)4)26(33)29-16-24-17(2)13-18(3)30-27(24)34/h13-15,21-22H,5-12,16H2,1-4H3,(H,29,33)(H,30,34). The molecule has 4 rings (SSSR count). The molecule has 0 spiro atoms. The van der Waals surface area contributed by atoms with E-state index in [1.165, 1.54) is 32.4 Å². The van der Waals surface area contributed by atoms with Crippen molar-refractivity contribution >= 4 is 23.2 Å². The smallest absolute Gasteiger partial charge is 0.253 e. The van der Waals surface area contributed by atoms with Crippen molar-refractivity contribution in [3.8, 4) is 0 Å². The van der Waals surface area contributed by atoms with Gasteiger partial charge in [0.15, 0.2) is 0 Å². The van der Waals surface area contributed by atoms with Gasteiger partial charge in [0.25, 0.3) is 11.5 Å². The Balaban J connectivity index is 1.50. The van der Waals surface area contributed by atoms with E-state index in [1.807, 2.05) is 32.9 Å². The number of rotatable bonds is 7. The summed E-state index contributed by atoms with van der Waals surface area (Å²) >= 11 is 6.51. The van der Waals surface area contributed by atoms with Crippen molar-refractivity contribution in [3.63, 3.8) is 0 Å². The first kappa shape index (κ1) is 24.8. The summed E-state index contributed by atoms with van der Waals surface area (Å²) in [6.07, 6.45) is 6.14. The molecule has 7 heteroatoms. The van der Waals surface area contributed by atoms with Gasteiger partial charge in [0.05, 0.1) is 0 Å². The first-order valence-corrected chi connectivity index (χ1v) is 12.9. The fraction of sp³-hybridized carbons (Fsp3) is 0.556. The summed E-state index contributed by atoms with van der Waals surface area (Å²) in [5.41, 5.74) is 4.64. The van der Waals surface area contributed by atoms with Gasteiger partial charge in [-0.05, 0) is 102 Å². The normalized spacial score (nSPS) is 20.6. The summed E-state index contributed by atoms with van der Waals surface area (Å²) in [6, 6.07) is 6.84. The lowest BCUT2D eigenvalue weighted by molar-refractivity contribution is 0.0866. The Bertz CT molecular complexity index is 1100. The van der Waals surface area contributed by atoms with Crippen LogP contribution in [0.4, 0.5) is 5.69 Å². The molecule has 1 saturated carbocycles. The molecule has 2 aliphatic rings. The Morgan fingerprint density at radius 2 is 1.85 bits per heavy atom. The first-order valence-electron chi connectivity index (χ1n) is 12.6. The molecular weight excluding hydrogens is 448 g/mol. The molecule has 1 saturated heterocycles. The second-order valence-electron chi connectivity index (χ2n) is 9.86. The van der Waals surface area contributed by atoms with Gasteiger partial charge in [0, 0.05) is 52.7 Å². The third-order valence-corrected chi connectivity index (χ3v) is 7.89. The molecule has 1 aliphatic heterocycles. The van der Waals surface area contributed by atoms with Gasteiger partial charge in [0.1, 0.15) is 0 Å². The highest BCUT2D eigenvalue weighted by molar-refractivity contribution is 6.31. The van der Waals surface area contributed by atoms with Crippen LogP contribution < -0.4 is 15.8 Å². The second-order valence-corrected chi connectivity index (χ2v) is 10.3. The Kier molecular flexibility index (Phi) is 7.68. The minimum absolute atomic E-state index is 0.160. The predicted molar refractivity (Wildman–Crippen MR) is 139 cm³/mol. The van der Waals surface area contributed by atoms with Crippen LogP contribution in [0, 0.1) is 20.8 Å². The number of pyridine rings is 1. The average Bonchev–Trinajstić information content (AvgIpc) is 2.75. The molecule has 184 valence electrons. The number of aryl methyl sites for hydroxylation is 2. The highest BCUT2D eigenvalue weighted by atomic mass is 35.5. The first-order chi connectivity index (χ1) is 16.3. The van der Waals surface area contributed by atoms with Gasteiger partial charge in [-0.1, -0.05) is 11.6 Å². The van der Waals surface area contributed by atoms with Gasteiger partial charge in [-0.25, -0.2) is 0 Å². The van der Waals surface area contributed by atoms with E-state index in [-0.39, 0.29) is 18.0 Å². The fourth-order valence-electron chi connectivity index (χ4n) is 5.63. The number of benzene rings is 1. The molecular formula is C27H37ClN4O2. The maximum absolute atomic E-state index is 13.2. The summed E-state index contributed by atoms with van der Waals surface area (Å²) in [7, 11) is 0. The van der Waals surface area contributed by atoms with Gasteiger partial charge >= 0.3 is 0 Å². The van der Waals surface area contributed by atoms with Crippen LogP contribution in [-0.4, -0.2) is 47.5 Å². The summed E-state index contributed by atoms with van der Waals surface area (Å²) in [5.74, 6) is -0.210. The molecule has 1 aromatic carbocycles. The highest BCUT2D eigenvalue weighted by Crippen LogP contribution is 2.35. The van der Waals surface area contributed by atoms with Crippen molar-refractivity contribution in [1.29, 1.82) is 0 Å². The zero-order valence-corrected chi connectivity index (χ0v) is 21.6. The number of anilines is 1. The van der Waals surface area contributed by atoms with Gasteiger partial charge < -0.3 is 20.1 Å². The van der Waals surface area contributed by atoms with Gasteiger partial charge in [-0.3, -0.25) is 9.59 Å². The zero-order chi connectivity index (χ0) is 24.4. The van der Waals surface area contributed by atoms with Gasteiger partial charge in [-0.2, -0.15) is 0 Å². The zero-order valence-electron chi connectivity index (χ0n) is 20.8. The lowest BCUT2D eigenvalue weighted by Gasteiger charge is -2.44. The van der Waals surface area contributed by atoms with Crippen molar-refractivity contribution in [2.24, 2.45) is 0 Å². The van der Waals surface area contributed by atoms with E-state index in [4.69, 9.17) is 11.6 Å². The third-order valence-electron chi connectivity index (χ3n) is 7.67. The van der Waals surface area contributed by atoms with Crippen LogP contribution in [0.2, 0.25) is 5.02 Å². The van der Waals surface area contributed by atoms with Crippen molar-refractivity contribution < 1.29 is 4.79 Å². The van der Waals surface area contributed by atoms with Crippen LogP contribution >= 0.6 is 11.6 Å². The molecule has 1 aliphatic carbocycles. The Morgan fingerprint density at radius 3 is 2.44 bits per heavy atom. The van der Waals surface area contributed by atoms with E-state index in [0.717, 1.165) is 47.9 Å². The van der Waals surface area contributed by atoms with Crippen LogP contribution in [0.15, 0.2) is 23.0 Å². The summed E-state index contributed by atoms with van der Waals surface area (Å²) in [4.78, 5) is 33.4. The van der Waals surface area contributed by atoms with E-state index in [2.05, 4.69) is 27.0 Å². The van der Waals surface area contributed by atoms with Crippen molar-refractivity contribution in [2.75, 3.05) is 24.5 Å².